The van der Waals surface area contributed by atoms with Crippen LogP contribution in [0.15, 0.2) is 12.4 Å². The maximum Gasteiger partial charge on any atom is 0.244 e. The highest BCUT2D eigenvalue weighted by atomic mass is 16.2. The number of likely N-dealkylation sites (N-methyl/N-ethyl adjacent to an activating group) is 1. The number of hydrogen-bond acceptors (Lipinski definition) is 4. The van der Waals surface area contributed by atoms with Crippen LogP contribution in [0.1, 0.15) is 11.6 Å². The van der Waals surface area contributed by atoms with E-state index < -0.39 is 0 Å². The van der Waals surface area contributed by atoms with Crippen molar-refractivity contribution in [2.45, 2.75) is 6.04 Å². The SMILES string of the molecule is CNC(C(=O)N1CCNCC1)c1cnn(C)c1. The van der Waals surface area contributed by atoms with Crippen LogP contribution < -0.4 is 10.6 Å². The van der Waals surface area contributed by atoms with Gasteiger partial charge in [-0.15, -0.1) is 0 Å². The molecule has 6 heteroatoms. The Bertz CT molecular complexity index is 383. The monoisotopic (exact) mass is 237 g/mol. The van der Waals surface area contributed by atoms with Crippen molar-refractivity contribution in [2.75, 3.05) is 33.2 Å². The van der Waals surface area contributed by atoms with E-state index in [1.807, 2.05) is 18.1 Å². The summed E-state index contributed by atoms with van der Waals surface area (Å²) in [4.78, 5) is 14.2. The number of carbonyl (C=O) groups is 1. The van der Waals surface area contributed by atoms with E-state index in [-0.39, 0.29) is 11.9 Å². The van der Waals surface area contributed by atoms with Gasteiger partial charge >= 0.3 is 0 Å². The third-order valence-corrected chi connectivity index (χ3v) is 3.02. The Kier molecular flexibility index (Phi) is 3.75. The number of rotatable bonds is 3. The number of amides is 1. The molecule has 1 amide bonds. The molecule has 1 aliphatic rings. The van der Waals surface area contributed by atoms with Crippen LogP contribution in [0.3, 0.4) is 0 Å². The van der Waals surface area contributed by atoms with E-state index in [1.54, 1.807) is 17.9 Å². The standard InChI is InChI=1S/C11H19N5O/c1-12-10(9-7-14-15(2)8-9)11(17)16-5-3-13-4-6-16/h7-8,10,12-13H,3-6H2,1-2H3. The Hall–Kier alpha value is -1.40. The van der Waals surface area contributed by atoms with Crippen molar-refractivity contribution < 1.29 is 4.79 Å². The molecule has 0 bridgehead atoms. The van der Waals surface area contributed by atoms with Gasteiger partial charge in [0.05, 0.1) is 6.20 Å². The first kappa shape index (κ1) is 12.1. The molecule has 1 unspecified atom stereocenters. The number of carbonyl (C=O) groups excluding carboxylic acids is 1. The first-order chi connectivity index (χ1) is 8.22. The summed E-state index contributed by atoms with van der Waals surface area (Å²) in [6, 6.07) is -0.290. The van der Waals surface area contributed by atoms with Crippen LogP contribution in [-0.2, 0) is 11.8 Å². The maximum absolute atomic E-state index is 12.3. The number of aromatic nitrogens is 2. The summed E-state index contributed by atoms with van der Waals surface area (Å²) in [6.07, 6.45) is 3.61. The topological polar surface area (TPSA) is 62.2 Å². The largest absolute Gasteiger partial charge is 0.338 e. The summed E-state index contributed by atoms with van der Waals surface area (Å²) in [5, 5.41) is 10.4. The summed E-state index contributed by atoms with van der Waals surface area (Å²) in [7, 11) is 3.66. The molecule has 2 heterocycles. The molecule has 1 aromatic heterocycles. The molecule has 1 aromatic rings. The second-order valence-corrected chi connectivity index (χ2v) is 4.24. The van der Waals surface area contributed by atoms with Crippen molar-refractivity contribution in [1.82, 2.24) is 25.3 Å². The average molecular weight is 237 g/mol. The minimum atomic E-state index is -0.290. The molecular formula is C11H19N5O. The van der Waals surface area contributed by atoms with Crippen LogP contribution in [0.25, 0.3) is 0 Å². The van der Waals surface area contributed by atoms with Crippen LogP contribution in [0.5, 0.6) is 0 Å². The molecule has 2 N–H and O–H groups in total. The lowest BCUT2D eigenvalue weighted by Crippen LogP contribution is -2.49. The second kappa shape index (κ2) is 5.29. The molecule has 0 spiro atoms. The highest BCUT2D eigenvalue weighted by Crippen LogP contribution is 2.14. The zero-order chi connectivity index (χ0) is 12.3. The third-order valence-electron chi connectivity index (χ3n) is 3.02. The summed E-state index contributed by atoms with van der Waals surface area (Å²) in [5.41, 5.74) is 0.915. The number of nitrogens with one attached hydrogen (secondary N) is 2. The predicted octanol–water partition coefficient (Wildman–Crippen LogP) is -0.888. The van der Waals surface area contributed by atoms with Gasteiger partial charge in [0.15, 0.2) is 0 Å². The molecule has 1 aliphatic heterocycles. The van der Waals surface area contributed by atoms with Gasteiger partial charge in [-0.1, -0.05) is 0 Å². The molecule has 1 saturated heterocycles. The van der Waals surface area contributed by atoms with Crippen molar-refractivity contribution in [3.63, 3.8) is 0 Å². The van der Waals surface area contributed by atoms with Crippen LogP contribution >= 0.6 is 0 Å². The molecular weight excluding hydrogens is 218 g/mol. The lowest BCUT2D eigenvalue weighted by molar-refractivity contribution is -0.134. The Labute approximate surface area is 101 Å². The van der Waals surface area contributed by atoms with Crippen LogP contribution in [0.4, 0.5) is 0 Å². The van der Waals surface area contributed by atoms with E-state index in [4.69, 9.17) is 0 Å². The second-order valence-electron chi connectivity index (χ2n) is 4.24. The van der Waals surface area contributed by atoms with Gasteiger partial charge in [-0.3, -0.25) is 9.48 Å². The fourth-order valence-corrected chi connectivity index (χ4v) is 2.09. The average Bonchev–Trinajstić information content (AvgIpc) is 2.78. The van der Waals surface area contributed by atoms with E-state index in [0.29, 0.717) is 0 Å². The van der Waals surface area contributed by atoms with E-state index in [1.165, 1.54) is 0 Å². The first-order valence-electron chi connectivity index (χ1n) is 5.87. The van der Waals surface area contributed by atoms with Gasteiger partial charge in [0.1, 0.15) is 6.04 Å². The number of hydrogen-bond donors (Lipinski definition) is 2. The number of piperazine rings is 1. The van der Waals surface area contributed by atoms with Gasteiger partial charge in [-0.2, -0.15) is 5.10 Å². The predicted molar refractivity (Wildman–Crippen MR) is 64.5 cm³/mol. The smallest absolute Gasteiger partial charge is 0.244 e. The zero-order valence-electron chi connectivity index (χ0n) is 10.3. The normalized spacial score (nSPS) is 18.1. The highest BCUT2D eigenvalue weighted by molar-refractivity contribution is 5.83. The molecule has 2 rings (SSSR count). The van der Waals surface area contributed by atoms with Crippen molar-refractivity contribution in [3.8, 4) is 0 Å². The molecule has 94 valence electrons. The van der Waals surface area contributed by atoms with Crippen molar-refractivity contribution in [3.05, 3.63) is 18.0 Å². The van der Waals surface area contributed by atoms with E-state index in [9.17, 15) is 4.79 Å². The molecule has 17 heavy (non-hydrogen) atoms. The summed E-state index contributed by atoms with van der Waals surface area (Å²) < 4.78 is 1.71. The fraction of sp³-hybridized carbons (Fsp3) is 0.636. The Morgan fingerprint density at radius 1 is 1.53 bits per heavy atom. The quantitative estimate of drug-likeness (QED) is 0.716. The van der Waals surface area contributed by atoms with Crippen LogP contribution in [0, 0.1) is 0 Å². The van der Waals surface area contributed by atoms with Gasteiger partial charge in [0, 0.05) is 45.0 Å². The Morgan fingerprint density at radius 3 is 2.76 bits per heavy atom. The minimum absolute atomic E-state index is 0.127. The molecule has 0 aliphatic carbocycles. The lowest BCUT2D eigenvalue weighted by atomic mass is 10.1. The third kappa shape index (κ3) is 2.65. The fourth-order valence-electron chi connectivity index (χ4n) is 2.09. The van der Waals surface area contributed by atoms with Gasteiger partial charge < -0.3 is 15.5 Å². The Morgan fingerprint density at radius 2 is 2.24 bits per heavy atom. The highest BCUT2D eigenvalue weighted by Gasteiger charge is 2.26. The van der Waals surface area contributed by atoms with Crippen LogP contribution in [0.2, 0.25) is 0 Å². The molecule has 6 nitrogen and oxygen atoms in total. The van der Waals surface area contributed by atoms with Crippen molar-refractivity contribution >= 4 is 5.91 Å². The van der Waals surface area contributed by atoms with Crippen molar-refractivity contribution in [2.24, 2.45) is 7.05 Å². The molecule has 0 aromatic carbocycles. The van der Waals surface area contributed by atoms with Gasteiger partial charge in [-0.25, -0.2) is 0 Å². The minimum Gasteiger partial charge on any atom is -0.338 e. The summed E-state index contributed by atoms with van der Waals surface area (Å²) in [6.45, 7) is 3.29. The molecule has 0 saturated carbocycles. The molecule has 0 radical (unpaired) electrons. The first-order valence-corrected chi connectivity index (χ1v) is 5.87. The van der Waals surface area contributed by atoms with Crippen molar-refractivity contribution in [1.29, 1.82) is 0 Å². The van der Waals surface area contributed by atoms with Gasteiger partial charge in [-0.05, 0) is 7.05 Å². The van der Waals surface area contributed by atoms with E-state index >= 15 is 0 Å². The number of nitrogens with zero attached hydrogens (tertiary/aromatic N) is 3. The Balaban J connectivity index is 2.09. The van der Waals surface area contributed by atoms with Crippen LogP contribution in [-0.4, -0.2) is 53.8 Å². The summed E-state index contributed by atoms with van der Waals surface area (Å²) in [5.74, 6) is 0.127. The maximum atomic E-state index is 12.3. The molecule has 1 atom stereocenters. The number of aryl methyl sites for hydroxylation is 1. The lowest BCUT2D eigenvalue weighted by Gasteiger charge is -2.30. The van der Waals surface area contributed by atoms with E-state index in [2.05, 4.69) is 15.7 Å². The zero-order valence-corrected chi connectivity index (χ0v) is 10.3. The van der Waals surface area contributed by atoms with Gasteiger partial charge in [0.2, 0.25) is 5.91 Å². The molecule has 1 fully saturated rings. The van der Waals surface area contributed by atoms with Gasteiger partial charge in [0.25, 0.3) is 0 Å². The summed E-state index contributed by atoms with van der Waals surface area (Å²) >= 11 is 0. The van der Waals surface area contributed by atoms with E-state index in [0.717, 1.165) is 31.7 Å².